The van der Waals surface area contributed by atoms with Gasteiger partial charge >= 0.3 is 0 Å². The first-order valence-electron chi connectivity index (χ1n) is 7.84. The van der Waals surface area contributed by atoms with E-state index >= 15 is 0 Å². The number of sulfonamides is 1. The second-order valence-corrected chi connectivity index (χ2v) is 8.17. The Morgan fingerprint density at radius 3 is 2.65 bits per heavy atom. The van der Waals surface area contributed by atoms with Crippen LogP contribution in [0.25, 0.3) is 0 Å². The number of amides is 1. The lowest BCUT2D eigenvalue weighted by atomic mass is 9.87. The predicted octanol–water partition coefficient (Wildman–Crippen LogP) is 1.78. The molecule has 2 aromatic carbocycles. The summed E-state index contributed by atoms with van der Waals surface area (Å²) in [5.41, 5.74) is 0.159. The molecule has 0 aliphatic carbocycles. The molecule has 7 nitrogen and oxygen atoms in total. The number of ketones is 1. The Hall–Kier alpha value is -2.71. The van der Waals surface area contributed by atoms with Crippen molar-refractivity contribution < 1.29 is 23.1 Å². The molecule has 8 heteroatoms. The molecule has 0 saturated carbocycles. The number of anilines is 2. The van der Waals surface area contributed by atoms with E-state index in [0.717, 1.165) is 11.8 Å². The third-order valence-corrected chi connectivity index (χ3v) is 4.76. The largest absolute Gasteiger partial charge is 0.375 e. The molecule has 3 N–H and O–H groups in total. The van der Waals surface area contributed by atoms with E-state index in [-0.39, 0.29) is 11.3 Å². The molecule has 0 aromatic heterocycles. The summed E-state index contributed by atoms with van der Waals surface area (Å²) in [5, 5.41) is 13.5. The monoisotopic (exact) mass is 374 g/mol. The molecule has 136 valence electrons. The van der Waals surface area contributed by atoms with Crippen LogP contribution in [-0.2, 0) is 20.4 Å². The van der Waals surface area contributed by atoms with E-state index in [1.165, 1.54) is 24.3 Å². The van der Waals surface area contributed by atoms with E-state index in [1.807, 2.05) is 6.92 Å². The Morgan fingerprint density at radius 1 is 1.23 bits per heavy atom. The number of benzene rings is 2. The van der Waals surface area contributed by atoms with Gasteiger partial charge in [-0.3, -0.25) is 14.3 Å². The lowest BCUT2D eigenvalue weighted by Gasteiger charge is -2.20. The van der Waals surface area contributed by atoms with Crippen molar-refractivity contribution in [3.8, 4) is 0 Å². The van der Waals surface area contributed by atoms with Crippen molar-refractivity contribution in [3.63, 3.8) is 0 Å². The van der Waals surface area contributed by atoms with Crippen LogP contribution < -0.4 is 10.0 Å². The number of hydrogen-bond acceptors (Lipinski definition) is 5. The van der Waals surface area contributed by atoms with Crippen LogP contribution >= 0.6 is 0 Å². The minimum absolute atomic E-state index is 0.195. The van der Waals surface area contributed by atoms with Gasteiger partial charge in [0.2, 0.25) is 10.0 Å². The Labute approximate surface area is 151 Å². The first kappa shape index (κ1) is 18.1. The zero-order valence-corrected chi connectivity index (χ0v) is 15.1. The molecule has 1 heterocycles. The van der Waals surface area contributed by atoms with Gasteiger partial charge in [-0.25, -0.2) is 8.42 Å². The highest BCUT2D eigenvalue weighted by Crippen LogP contribution is 2.39. The number of rotatable bonds is 5. The van der Waals surface area contributed by atoms with Gasteiger partial charge in [-0.15, -0.1) is 0 Å². The molecule has 1 amide bonds. The molecule has 0 spiro atoms. The van der Waals surface area contributed by atoms with E-state index < -0.39 is 33.7 Å². The summed E-state index contributed by atoms with van der Waals surface area (Å²) in [5.74, 6) is -1.13. The number of aryl methyl sites for hydroxylation is 1. The summed E-state index contributed by atoms with van der Waals surface area (Å²) in [7, 11) is -3.48. The highest BCUT2D eigenvalue weighted by Gasteiger charge is 2.46. The Kier molecular flexibility index (Phi) is 4.33. The predicted molar refractivity (Wildman–Crippen MR) is 97.6 cm³/mol. The Bertz CT molecular complexity index is 1020. The summed E-state index contributed by atoms with van der Waals surface area (Å²) in [4.78, 5) is 24.9. The number of hydrogen-bond donors (Lipinski definition) is 3. The zero-order valence-electron chi connectivity index (χ0n) is 14.2. The topological polar surface area (TPSA) is 113 Å². The van der Waals surface area contributed by atoms with Gasteiger partial charge in [0, 0.05) is 22.5 Å². The van der Waals surface area contributed by atoms with Crippen LogP contribution in [-0.4, -0.2) is 31.5 Å². The first-order valence-corrected chi connectivity index (χ1v) is 9.74. The smallest absolute Gasteiger partial charge is 0.261 e. The van der Waals surface area contributed by atoms with Crippen LogP contribution in [0.4, 0.5) is 11.4 Å². The first-order chi connectivity index (χ1) is 12.1. The highest BCUT2D eigenvalue weighted by molar-refractivity contribution is 7.92. The van der Waals surface area contributed by atoms with E-state index in [9.17, 15) is 23.1 Å². The number of aliphatic hydroxyl groups is 1. The number of carbonyl (C=O) groups is 2. The third-order valence-electron chi connectivity index (χ3n) is 4.15. The third kappa shape index (κ3) is 3.47. The molecule has 0 radical (unpaired) electrons. The van der Waals surface area contributed by atoms with Crippen LogP contribution in [0.1, 0.15) is 27.9 Å². The molecule has 1 aliphatic heterocycles. The van der Waals surface area contributed by atoms with Crippen LogP contribution in [0, 0.1) is 6.92 Å². The summed E-state index contributed by atoms with van der Waals surface area (Å²) in [6, 6.07) is 11.1. The van der Waals surface area contributed by atoms with Crippen molar-refractivity contribution >= 4 is 33.1 Å². The minimum atomic E-state index is -3.48. The molecular weight excluding hydrogens is 356 g/mol. The van der Waals surface area contributed by atoms with Crippen LogP contribution in [0.3, 0.4) is 0 Å². The summed E-state index contributed by atoms with van der Waals surface area (Å²) >= 11 is 0. The second-order valence-electron chi connectivity index (χ2n) is 6.42. The van der Waals surface area contributed by atoms with E-state index in [0.29, 0.717) is 11.3 Å². The molecular formula is C18H18N2O5S. The van der Waals surface area contributed by atoms with Gasteiger partial charge in [0.1, 0.15) is 0 Å². The molecule has 1 atom stereocenters. The molecule has 1 aliphatic rings. The molecule has 1 unspecified atom stereocenters. The van der Waals surface area contributed by atoms with Crippen LogP contribution in [0.5, 0.6) is 0 Å². The maximum atomic E-state index is 12.6. The SMILES string of the molecule is Cc1ccc2c(c1)C(O)(CC(=O)c1cccc(NS(C)(=O)=O)c1)C(=O)N2. The quantitative estimate of drug-likeness (QED) is 0.691. The number of carbonyl (C=O) groups excluding carboxylic acids is 2. The number of nitrogens with one attached hydrogen (secondary N) is 2. The average Bonchev–Trinajstić information content (AvgIpc) is 2.77. The Morgan fingerprint density at radius 2 is 1.96 bits per heavy atom. The molecule has 0 bridgehead atoms. The maximum Gasteiger partial charge on any atom is 0.261 e. The van der Waals surface area contributed by atoms with Gasteiger partial charge < -0.3 is 10.4 Å². The summed E-state index contributed by atoms with van der Waals surface area (Å²) < 4.78 is 25.0. The van der Waals surface area contributed by atoms with Crippen molar-refractivity contribution in [2.24, 2.45) is 0 Å². The zero-order chi connectivity index (χ0) is 19.1. The van der Waals surface area contributed by atoms with E-state index in [4.69, 9.17) is 0 Å². The summed E-state index contributed by atoms with van der Waals surface area (Å²) in [6.45, 7) is 1.83. The fourth-order valence-electron chi connectivity index (χ4n) is 2.94. The standard InChI is InChI=1S/C18H18N2O5S/c1-11-6-7-15-14(8-11)18(23,17(22)19-15)10-16(21)12-4-3-5-13(9-12)20-26(2,24)25/h3-9,20,23H,10H2,1-2H3,(H,19,22). The minimum Gasteiger partial charge on any atom is -0.375 e. The van der Waals surface area contributed by atoms with Gasteiger partial charge in [-0.05, 0) is 25.1 Å². The van der Waals surface area contributed by atoms with Crippen molar-refractivity contribution in [2.45, 2.75) is 18.9 Å². The fraction of sp³-hybridized carbons (Fsp3) is 0.222. The molecule has 0 fully saturated rings. The second kappa shape index (κ2) is 6.22. The van der Waals surface area contributed by atoms with Crippen molar-refractivity contribution in [2.75, 3.05) is 16.3 Å². The highest BCUT2D eigenvalue weighted by atomic mass is 32.2. The van der Waals surface area contributed by atoms with E-state index in [2.05, 4.69) is 10.0 Å². The lowest BCUT2D eigenvalue weighted by molar-refractivity contribution is -0.133. The molecule has 26 heavy (non-hydrogen) atoms. The maximum absolute atomic E-state index is 12.6. The van der Waals surface area contributed by atoms with Gasteiger partial charge in [0.15, 0.2) is 11.4 Å². The molecule has 0 saturated heterocycles. The van der Waals surface area contributed by atoms with Gasteiger partial charge in [0.25, 0.3) is 5.91 Å². The van der Waals surface area contributed by atoms with Crippen molar-refractivity contribution in [1.82, 2.24) is 0 Å². The molecule has 2 aromatic rings. The van der Waals surface area contributed by atoms with E-state index in [1.54, 1.807) is 18.2 Å². The fourth-order valence-corrected chi connectivity index (χ4v) is 3.49. The normalized spacial score (nSPS) is 19.0. The number of fused-ring (bicyclic) bond motifs is 1. The van der Waals surface area contributed by atoms with Crippen molar-refractivity contribution in [3.05, 3.63) is 59.2 Å². The van der Waals surface area contributed by atoms with Gasteiger partial charge in [0.05, 0.1) is 12.7 Å². The number of Topliss-reactive ketones (excluding diaryl/α,β-unsaturated/α-hetero) is 1. The average molecular weight is 374 g/mol. The lowest BCUT2D eigenvalue weighted by Crippen LogP contribution is -2.36. The molecule has 3 rings (SSSR count). The van der Waals surface area contributed by atoms with Gasteiger partial charge in [-0.2, -0.15) is 0 Å². The summed E-state index contributed by atoms with van der Waals surface area (Å²) in [6.07, 6.45) is 0.559. The van der Waals surface area contributed by atoms with Crippen molar-refractivity contribution in [1.29, 1.82) is 0 Å². The van der Waals surface area contributed by atoms with Crippen LogP contribution in [0.15, 0.2) is 42.5 Å². The van der Waals surface area contributed by atoms with Crippen LogP contribution in [0.2, 0.25) is 0 Å². The Balaban J connectivity index is 1.90. The van der Waals surface area contributed by atoms with Gasteiger partial charge in [-0.1, -0.05) is 29.8 Å².